The number of nitrogen functional groups attached to an aromatic ring is 3. The Hall–Kier alpha value is -5.26. The molecule has 460 valence electrons. The lowest BCUT2D eigenvalue weighted by molar-refractivity contribution is 0.318. The van der Waals surface area contributed by atoms with E-state index >= 15 is 0 Å². The Morgan fingerprint density at radius 1 is 0.602 bits per heavy atom. The minimum Gasteiger partial charge on any atom is -0.496 e. The van der Waals surface area contributed by atoms with Crippen molar-refractivity contribution in [2.45, 2.75) is 133 Å². The second-order valence-electron chi connectivity index (χ2n) is 19.7. The molecule has 0 saturated carbocycles. The molecule has 3 heterocycles. The van der Waals surface area contributed by atoms with Crippen molar-refractivity contribution >= 4 is 106 Å². The Bertz CT molecular complexity index is 3010. The van der Waals surface area contributed by atoms with Gasteiger partial charge in [-0.15, -0.1) is 15.3 Å². The van der Waals surface area contributed by atoms with Crippen LogP contribution in [0.25, 0.3) is 0 Å². The number of aromatic nitrogens is 6. The largest absolute Gasteiger partial charge is 0.496 e. The Kier molecular flexibility index (Phi) is 35.3. The number of halogens is 2. The maximum absolute atomic E-state index is 11.9. The van der Waals surface area contributed by atoms with E-state index in [9.17, 15) is 18.9 Å². The highest BCUT2D eigenvalue weighted by atomic mass is 127. The molecule has 25 heteroatoms. The van der Waals surface area contributed by atoms with E-state index in [4.69, 9.17) is 36.5 Å². The lowest BCUT2D eigenvalue weighted by atomic mass is 10.0. The van der Waals surface area contributed by atoms with Crippen molar-refractivity contribution in [3.05, 3.63) is 109 Å². The molecule has 3 aromatic heterocycles. The zero-order chi connectivity index (χ0) is 61.7. The number of aryl methyl sites for hydroxylation is 3. The molecule has 0 bridgehead atoms. The average Bonchev–Trinajstić information content (AvgIpc) is 3.49. The van der Waals surface area contributed by atoms with Crippen LogP contribution in [-0.2, 0) is 28.4 Å². The van der Waals surface area contributed by atoms with Crippen LogP contribution in [0, 0.1) is 24.3 Å². The molecule has 1 unspecified atom stereocenters. The molecule has 20 nitrogen and oxygen atoms in total. The lowest BCUT2D eigenvalue weighted by Gasteiger charge is -2.16. The van der Waals surface area contributed by atoms with E-state index in [1.165, 1.54) is 22.8 Å². The fourth-order valence-electron chi connectivity index (χ4n) is 7.72. The van der Waals surface area contributed by atoms with Gasteiger partial charge in [0.15, 0.2) is 5.30 Å². The Morgan fingerprint density at radius 3 is 1.23 bits per heavy atom. The van der Waals surface area contributed by atoms with Crippen molar-refractivity contribution in [1.29, 1.82) is 0 Å². The predicted molar refractivity (Wildman–Crippen MR) is 360 cm³/mol. The third-order valence-corrected chi connectivity index (χ3v) is 14.4. The van der Waals surface area contributed by atoms with Crippen molar-refractivity contribution in [3.8, 4) is 17.2 Å². The van der Waals surface area contributed by atoms with E-state index in [0.29, 0.717) is 48.0 Å². The summed E-state index contributed by atoms with van der Waals surface area (Å²) in [6, 6.07) is 16.2. The standard InChI is InChI=1S/C18H26N4O2P.C17H23IN4O.C17H25N4O4P.C3H9BrSi.C2H6O.CH4/c1-5-6-9-20-17-15(12(2)21-18(19)22-17)11-13-10-14(25(4)23)7-8-16(13)24-3;1-4-5-8-20-16-14(11(2)21-17(19)22-16)10-12-9-13(18)6-7-15(12)23-3;1-4-5-8-19-16-14(11(2)20-17(18)21-16)10-12-9-13(26(22,23)24)6-7-15(12)25-3;1-5(2,3)4;1-2-3;/h7-8,10H,5-6,9,11H2,1-4H3,(H3,19,20,21,22);6-7,9H,4-5,8,10H2,1-3H3,(H3,19,20,21,22);6-7,9H,4-5,8,10H2,1-3H3,(H2,22,23,24)(H3,18,19,20,21);1-3H3;3H,2H2,1H3;1H4/q+1;;;;;. The first-order valence-corrected chi connectivity index (χ1v) is 37.4. The molecule has 12 N–H and O–H groups in total. The topological polar surface area (TPSA) is 314 Å². The van der Waals surface area contributed by atoms with Crippen LogP contribution in [0.5, 0.6) is 17.2 Å². The summed E-state index contributed by atoms with van der Waals surface area (Å²) in [6.07, 6.45) is 8.05. The van der Waals surface area contributed by atoms with Crippen molar-refractivity contribution in [3.63, 3.8) is 0 Å². The SMILES string of the molecule is C.CCCCNc1nc(N)nc(C)c1Cc1cc(I)ccc1OC.CCCCNc1nc(N)nc(C)c1Cc1cc(P(=O)(O)O)ccc1OC.CCCCNc1nc(N)nc(C)c1Cc1cc([P+](C)=O)ccc1OC.CCO.C[Si](C)(C)Br. The molecule has 0 aliphatic carbocycles. The van der Waals surface area contributed by atoms with Crippen LogP contribution in [0.1, 0.15) is 124 Å². The summed E-state index contributed by atoms with van der Waals surface area (Å²) in [7, 11) is -0.919. The number of ether oxygens (including phenoxy) is 3. The molecule has 6 rings (SSSR count). The third-order valence-electron chi connectivity index (χ3n) is 11.7. The molecular weight excluding hydrogens is 1290 g/mol. The summed E-state index contributed by atoms with van der Waals surface area (Å²) in [5, 5.41) is 18.4. The summed E-state index contributed by atoms with van der Waals surface area (Å²) < 4.78 is 40.9. The van der Waals surface area contributed by atoms with Crippen LogP contribution >= 0.6 is 53.3 Å². The Balaban J connectivity index is 0.000000580. The van der Waals surface area contributed by atoms with Gasteiger partial charge < -0.3 is 62.3 Å². The molecule has 0 aliphatic rings. The van der Waals surface area contributed by atoms with Gasteiger partial charge in [-0.3, -0.25) is 4.57 Å². The number of methoxy groups -OCH3 is 3. The zero-order valence-electron chi connectivity index (χ0n) is 50.3. The van der Waals surface area contributed by atoms with Crippen LogP contribution in [0.2, 0.25) is 19.6 Å². The van der Waals surface area contributed by atoms with E-state index in [2.05, 4.69) is 130 Å². The van der Waals surface area contributed by atoms with Crippen molar-refractivity contribution in [1.82, 2.24) is 29.9 Å². The van der Waals surface area contributed by atoms with Gasteiger partial charge in [0.25, 0.3) is 0 Å². The number of anilines is 6. The fourth-order valence-corrected chi connectivity index (χ4v) is 9.49. The van der Waals surface area contributed by atoms with E-state index in [1.807, 2.05) is 51.1 Å². The predicted octanol–water partition coefficient (Wildman–Crippen LogP) is 11.9. The smallest absolute Gasteiger partial charge is 0.373 e. The highest BCUT2D eigenvalue weighted by Crippen LogP contribution is 2.36. The number of unbranched alkanes of at least 4 members (excludes halogenated alkanes) is 3. The molecule has 0 fully saturated rings. The average molecular weight is 1380 g/mol. The molecule has 0 saturated heterocycles. The first kappa shape index (κ1) is 75.7. The highest BCUT2D eigenvalue weighted by molar-refractivity contribution is 14.1. The molecule has 0 amide bonds. The number of hydrogen-bond acceptors (Lipinski definition) is 18. The number of benzene rings is 3. The van der Waals surface area contributed by atoms with Crippen molar-refractivity contribution in [2.75, 3.05) is 87.4 Å². The van der Waals surface area contributed by atoms with Crippen molar-refractivity contribution in [2.24, 2.45) is 0 Å². The number of rotatable bonds is 23. The van der Waals surface area contributed by atoms with Crippen LogP contribution in [0.4, 0.5) is 35.3 Å². The molecule has 6 aromatic rings. The van der Waals surface area contributed by atoms with Gasteiger partial charge in [-0.2, -0.15) is 15.0 Å². The number of nitrogens with one attached hydrogen (secondary N) is 3. The molecule has 3 aromatic carbocycles. The Morgan fingerprint density at radius 2 is 0.916 bits per heavy atom. The molecule has 0 radical (unpaired) electrons. The lowest BCUT2D eigenvalue weighted by Crippen LogP contribution is -2.13. The number of nitrogens with two attached hydrogens (primary N) is 3. The van der Waals surface area contributed by atoms with Crippen molar-refractivity contribution < 1.29 is 38.2 Å². The number of aliphatic hydroxyl groups is 1. The first-order chi connectivity index (χ1) is 38.7. The van der Waals surface area contributed by atoms with Gasteiger partial charge in [0.05, 0.1) is 26.6 Å². The maximum Gasteiger partial charge on any atom is 0.373 e. The van der Waals surface area contributed by atoms with Gasteiger partial charge in [0, 0.05) is 88.4 Å². The minimum atomic E-state index is -4.36. The van der Waals surface area contributed by atoms with Crippen LogP contribution in [0.15, 0.2) is 54.6 Å². The molecule has 1 atom stereocenters. The van der Waals surface area contributed by atoms with Gasteiger partial charge in [-0.1, -0.05) is 71.7 Å². The summed E-state index contributed by atoms with van der Waals surface area (Å²) in [5.41, 5.74) is 25.4. The molecule has 0 aliphatic heterocycles. The number of nitrogens with zero attached hydrogens (tertiary/aromatic N) is 6. The first-order valence-electron chi connectivity index (χ1n) is 27.2. The van der Waals surface area contributed by atoms with Gasteiger partial charge in [-0.05, 0) is 135 Å². The second-order valence-corrected chi connectivity index (χ2v) is 35.4. The normalized spacial score (nSPS) is 10.9. The quantitative estimate of drug-likeness (QED) is 0.00946. The molecule has 0 spiro atoms. The minimum absolute atomic E-state index is 0. The molecule has 83 heavy (non-hydrogen) atoms. The van der Waals surface area contributed by atoms with Gasteiger partial charge in [-0.25, -0.2) is 15.0 Å². The van der Waals surface area contributed by atoms with E-state index in [0.717, 1.165) is 126 Å². The van der Waals surface area contributed by atoms with Gasteiger partial charge >= 0.3 is 15.4 Å². The number of hydrogen-bond donors (Lipinski definition) is 9. The summed E-state index contributed by atoms with van der Waals surface area (Å²) in [6.45, 7) is 24.2. The summed E-state index contributed by atoms with van der Waals surface area (Å²) in [5.74, 6) is 5.14. The summed E-state index contributed by atoms with van der Waals surface area (Å²) in [4.78, 5) is 44.8. The molecular formula is C58H93BrIN12O8P2Si+. The van der Waals surface area contributed by atoms with E-state index in [1.54, 1.807) is 33.9 Å². The van der Waals surface area contributed by atoms with Crippen LogP contribution < -0.4 is 58.0 Å². The van der Waals surface area contributed by atoms with Gasteiger partial charge in [0.2, 0.25) is 17.8 Å². The fraction of sp³-hybridized carbons (Fsp3) is 0.483. The third kappa shape index (κ3) is 27.5. The highest BCUT2D eigenvalue weighted by Gasteiger charge is 2.22. The Labute approximate surface area is 517 Å². The summed E-state index contributed by atoms with van der Waals surface area (Å²) >= 11 is 5.82. The monoisotopic (exact) mass is 1380 g/mol. The number of aliphatic hydroxyl groups excluding tert-OH is 1. The van der Waals surface area contributed by atoms with Gasteiger partial charge in [0.1, 0.15) is 48.1 Å². The van der Waals surface area contributed by atoms with E-state index in [-0.39, 0.29) is 31.2 Å². The maximum atomic E-state index is 11.9. The zero-order valence-corrected chi connectivity index (χ0v) is 56.9. The van der Waals surface area contributed by atoms with Crippen LogP contribution in [-0.4, -0.2) is 106 Å². The second kappa shape index (κ2) is 38.6. The van der Waals surface area contributed by atoms with E-state index < -0.39 is 22.1 Å². The van der Waals surface area contributed by atoms with Crippen LogP contribution in [0.3, 0.4) is 0 Å².